The van der Waals surface area contributed by atoms with Crippen molar-refractivity contribution in [3.8, 4) is 11.4 Å². The number of fused-ring (bicyclic) bond motifs is 1. The minimum Gasteiger partial charge on any atom is -0.381 e. The van der Waals surface area contributed by atoms with Gasteiger partial charge in [-0.2, -0.15) is 31.4 Å². The molecule has 3 heterocycles. The maximum atomic E-state index is 13.2. The topological polar surface area (TPSA) is 106 Å². The molecular formula is C24H19ClF6N6O2. The summed E-state index contributed by atoms with van der Waals surface area (Å²) in [6.45, 7) is 1.87. The van der Waals surface area contributed by atoms with Crippen LogP contribution in [0.3, 0.4) is 0 Å². The highest BCUT2D eigenvalue weighted by Gasteiger charge is 2.37. The van der Waals surface area contributed by atoms with Crippen LogP contribution in [0.25, 0.3) is 22.2 Å². The van der Waals surface area contributed by atoms with Gasteiger partial charge in [0, 0.05) is 42.1 Å². The summed E-state index contributed by atoms with van der Waals surface area (Å²) in [5.74, 6) is -0.0372. The van der Waals surface area contributed by atoms with E-state index in [1.165, 1.54) is 22.9 Å². The Balaban J connectivity index is 1.47. The van der Waals surface area contributed by atoms with E-state index in [9.17, 15) is 35.9 Å². The molecule has 0 unspecified atom stereocenters. The van der Waals surface area contributed by atoms with Gasteiger partial charge >= 0.3 is 12.4 Å². The summed E-state index contributed by atoms with van der Waals surface area (Å²) in [6, 6.07) is 4.03. The molecule has 0 aliphatic carbocycles. The van der Waals surface area contributed by atoms with Crippen LogP contribution in [0.1, 0.15) is 30.9 Å². The molecule has 1 atom stereocenters. The van der Waals surface area contributed by atoms with Crippen LogP contribution in [0.4, 0.5) is 32.0 Å². The lowest BCUT2D eigenvalue weighted by atomic mass is 10.1. The number of nitrogens with zero attached hydrogens (tertiary/aromatic N) is 4. The van der Waals surface area contributed by atoms with Gasteiger partial charge in [-0.25, -0.2) is 15.1 Å². The molecule has 4 aromatic rings. The number of benzene rings is 1. The lowest BCUT2D eigenvalue weighted by molar-refractivity contribution is -0.139. The third-order valence-electron chi connectivity index (χ3n) is 5.86. The van der Waals surface area contributed by atoms with Gasteiger partial charge in [-0.3, -0.25) is 9.59 Å². The van der Waals surface area contributed by atoms with Gasteiger partial charge in [0.05, 0.1) is 22.5 Å². The molecule has 39 heavy (non-hydrogen) atoms. The van der Waals surface area contributed by atoms with Gasteiger partial charge < -0.3 is 9.88 Å². The number of halogens is 7. The lowest BCUT2D eigenvalue weighted by Crippen LogP contribution is -2.27. The molecule has 0 spiro atoms. The van der Waals surface area contributed by atoms with Crippen molar-refractivity contribution in [1.29, 1.82) is 0 Å². The first-order valence-corrected chi connectivity index (χ1v) is 11.8. The van der Waals surface area contributed by atoms with Crippen LogP contribution < -0.4 is 16.4 Å². The minimum absolute atomic E-state index is 0.0372. The molecule has 0 saturated heterocycles. The van der Waals surface area contributed by atoms with Gasteiger partial charge in [0.25, 0.3) is 11.1 Å². The Morgan fingerprint density at radius 3 is 2.38 bits per heavy atom. The molecule has 0 saturated carbocycles. The van der Waals surface area contributed by atoms with E-state index in [0.717, 1.165) is 6.20 Å². The monoisotopic (exact) mass is 572 g/mol. The van der Waals surface area contributed by atoms with E-state index in [2.05, 4.69) is 20.4 Å². The van der Waals surface area contributed by atoms with Crippen molar-refractivity contribution >= 4 is 28.1 Å². The number of aromatic nitrogens is 5. The summed E-state index contributed by atoms with van der Waals surface area (Å²) in [7, 11) is 0. The van der Waals surface area contributed by atoms with Crippen LogP contribution in [0.2, 0.25) is 5.02 Å². The summed E-state index contributed by atoms with van der Waals surface area (Å²) >= 11 is 6.30. The average molecular weight is 573 g/mol. The number of rotatable bonds is 7. The molecule has 0 aliphatic rings. The molecule has 15 heteroatoms. The zero-order chi connectivity index (χ0) is 28.5. The Morgan fingerprint density at radius 1 is 1.05 bits per heavy atom. The van der Waals surface area contributed by atoms with Crippen molar-refractivity contribution in [2.45, 2.75) is 44.7 Å². The van der Waals surface area contributed by atoms with Crippen LogP contribution in [-0.4, -0.2) is 30.8 Å². The van der Waals surface area contributed by atoms with E-state index in [4.69, 9.17) is 11.6 Å². The number of H-pyrrole nitrogens is 1. The molecule has 0 aliphatic heterocycles. The van der Waals surface area contributed by atoms with Gasteiger partial charge in [-0.1, -0.05) is 11.6 Å². The van der Waals surface area contributed by atoms with Crippen molar-refractivity contribution in [2.75, 3.05) is 5.32 Å². The summed E-state index contributed by atoms with van der Waals surface area (Å²) in [5, 5.41) is 8.63. The molecule has 0 fully saturated rings. The highest BCUT2D eigenvalue weighted by Crippen LogP contribution is 2.33. The minimum atomic E-state index is -4.86. The molecule has 8 nitrogen and oxygen atoms in total. The Morgan fingerprint density at radius 2 is 1.74 bits per heavy atom. The van der Waals surface area contributed by atoms with Crippen LogP contribution in [-0.2, 0) is 18.9 Å². The SMILES string of the molecule is C[C@@H](CCCn1ccc2cc(-c3ncc(C(F)(F)F)cn3)c(Cl)cc2c1=O)Nc1cn[nH]c(=O)c1C(F)(F)F. The number of hydrogen-bond donors (Lipinski definition) is 2. The molecule has 0 amide bonds. The summed E-state index contributed by atoms with van der Waals surface area (Å²) in [4.78, 5) is 32.1. The quantitative estimate of drug-likeness (QED) is 0.283. The van der Waals surface area contributed by atoms with E-state index in [1.54, 1.807) is 18.1 Å². The largest absolute Gasteiger partial charge is 0.423 e. The maximum Gasteiger partial charge on any atom is 0.423 e. The fourth-order valence-electron chi connectivity index (χ4n) is 3.96. The van der Waals surface area contributed by atoms with E-state index in [1.807, 2.05) is 0 Å². The van der Waals surface area contributed by atoms with Crippen LogP contribution >= 0.6 is 11.6 Å². The van der Waals surface area contributed by atoms with Gasteiger partial charge in [-0.05, 0) is 43.4 Å². The predicted octanol–water partition coefficient (Wildman–Crippen LogP) is 5.51. The zero-order valence-electron chi connectivity index (χ0n) is 20.0. The number of hydrogen-bond acceptors (Lipinski definition) is 6. The predicted molar refractivity (Wildman–Crippen MR) is 131 cm³/mol. The normalized spacial score (nSPS) is 13.0. The number of alkyl halides is 6. The number of aromatic amines is 1. The van der Waals surface area contributed by atoms with Crippen LogP contribution in [0.5, 0.6) is 0 Å². The van der Waals surface area contributed by atoms with Gasteiger partial charge in [0.15, 0.2) is 5.82 Å². The molecule has 0 bridgehead atoms. The van der Waals surface area contributed by atoms with Crippen molar-refractivity contribution < 1.29 is 26.3 Å². The van der Waals surface area contributed by atoms with Crippen molar-refractivity contribution in [3.05, 3.63) is 79.8 Å². The Labute approximate surface area is 220 Å². The second-order valence-corrected chi connectivity index (χ2v) is 9.11. The highest BCUT2D eigenvalue weighted by molar-refractivity contribution is 6.34. The Hall–Kier alpha value is -3.94. The van der Waals surface area contributed by atoms with Gasteiger partial charge in [0.1, 0.15) is 5.56 Å². The fraction of sp³-hybridized carbons (Fsp3) is 0.292. The Kier molecular flexibility index (Phi) is 7.68. The van der Waals surface area contributed by atoms with E-state index < -0.39 is 40.8 Å². The van der Waals surface area contributed by atoms with Crippen molar-refractivity contribution in [3.63, 3.8) is 0 Å². The second kappa shape index (κ2) is 10.7. The molecular weight excluding hydrogens is 554 g/mol. The summed E-state index contributed by atoms with van der Waals surface area (Å²) in [5.41, 5.74) is -4.30. The van der Waals surface area contributed by atoms with Crippen molar-refractivity contribution in [2.24, 2.45) is 0 Å². The highest BCUT2D eigenvalue weighted by atomic mass is 35.5. The van der Waals surface area contributed by atoms with E-state index in [0.29, 0.717) is 30.6 Å². The number of nitrogens with one attached hydrogen (secondary N) is 2. The van der Waals surface area contributed by atoms with Crippen LogP contribution in [0, 0.1) is 0 Å². The first kappa shape index (κ1) is 28.1. The maximum absolute atomic E-state index is 13.2. The Bertz CT molecular complexity index is 1620. The number of anilines is 1. The molecule has 206 valence electrons. The average Bonchev–Trinajstić information content (AvgIpc) is 2.84. The summed E-state index contributed by atoms with van der Waals surface area (Å²) in [6.07, 6.45) is -4.98. The first-order valence-electron chi connectivity index (χ1n) is 11.4. The van der Waals surface area contributed by atoms with E-state index in [-0.39, 0.29) is 33.9 Å². The molecule has 4 rings (SSSR count). The summed E-state index contributed by atoms with van der Waals surface area (Å²) < 4.78 is 79.5. The number of aryl methyl sites for hydroxylation is 1. The third-order valence-corrected chi connectivity index (χ3v) is 6.17. The lowest BCUT2D eigenvalue weighted by Gasteiger charge is -2.18. The number of pyridine rings is 1. The molecule has 0 radical (unpaired) electrons. The van der Waals surface area contributed by atoms with Crippen molar-refractivity contribution in [1.82, 2.24) is 24.7 Å². The standard InChI is InChI=1S/C24H19ClF6N6O2/c1-12(35-18-11-34-36-21(38)19(18)24(29,30)31)3-2-5-37-6-4-13-7-16(17(25)8-15(13)22(37)39)20-32-9-14(10-33-20)23(26,27)28/h4,6-12H,2-3,5H2,1H3,(H2,35,36,38)/t12-/m0/s1. The molecule has 1 aromatic carbocycles. The first-order chi connectivity index (χ1) is 18.3. The van der Waals surface area contributed by atoms with E-state index >= 15 is 0 Å². The smallest absolute Gasteiger partial charge is 0.381 e. The second-order valence-electron chi connectivity index (χ2n) is 8.70. The van der Waals surface area contributed by atoms with Gasteiger partial charge in [-0.15, -0.1) is 0 Å². The fourth-order valence-corrected chi connectivity index (χ4v) is 4.21. The molecule has 3 aromatic heterocycles. The zero-order valence-corrected chi connectivity index (χ0v) is 20.7. The van der Waals surface area contributed by atoms with Crippen LogP contribution in [0.15, 0.2) is 52.6 Å². The van der Waals surface area contributed by atoms with Gasteiger partial charge in [0.2, 0.25) is 0 Å². The molecule has 2 N–H and O–H groups in total. The third kappa shape index (κ3) is 6.21.